The molecule has 1 atom stereocenters. The summed E-state index contributed by atoms with van der Waals surface area (Å²) in [6.07, 6.45) is 3.64. The molecule has 1 unspecified atom stereocenters. The number of hydrogen-bond donors (Lipinski definition) is 2. The molecule has 1 aliphatic rings. The SMILES string of the molecule is O=C(NCC(O)COc1cccc(Cl)c1Cl)C1CCN(C(=O)/C=C/c2ccccc2)CC1. The Morgan fingerprint density at radius 3 is 2.56 bits per heavy atom. The third-order valence-electron chi connectivity index (χ3n) is 5.25. The molecule has 0 bridgehead atoms. The predicted octanol–water partition coefficient (Wildman–Crippen LogP) is 3.80. The van der Waals surface area contributed by atoms with Crippen molar-refractivity contribution in [1.29, 1.82) is 0 Å². The van der Waals surface area contributed by atoms with E-state index >= 15 is 0 Å². The highest BCUT2D eigenvalue weighted by Gasteiger charge is 2.26. The highest BCUT2D eigenvalue weighted by Crippen LogP contribution is 2.31. The normalized spacial score (nSPS) is 15.5. The fraction of sp³-hybridized carbons (Fsp3) is 0.333. The number of hydrogen-bond acceptors (Lipinski definition) is 4. The number of nitrogens with one attached hydrogen (secondary N) is 1. The maximum atomic E-state index is 12.4. The molecule has 2 aromatic carbocycles. The van der Waals surface area contributed by atoms with Crippen molar-refractivity contribution in [2.24, 2.45) is 5.92 Å². The van der Waals surface area contributed by atoms with Crippen molar-refractivity contribution in [3.05, 3.63) is 70.2 Å². The molecule has 0 aromatic heterocycles. The molecule has 8 heteroatoms. The largest absolute Gasteiger partial charge is 0.489 e. The molecule has 2 N–H and O–H groups in total. The van der Waals surface area contributed by atoms with Crippen LogP contribution in [0.3, 0.4) is 0 Å². The average Bonchev–Trinajstić information content (AvgIpc) is 2.82. The van der Waals surface area contributed by atoms with Gasteiger partial charge in [0.05, 0.1) is 5.02 Å². The summed E-state index contributed by atoms with van der Waals surface area (Å²) in [5.41, 5.74) is 0.968. The van der Waals surface area contributed by atoms with E-state index in [9.17, 15) is 14.7 Å². The summed E-state index contributed by atoms with van der Waals surface area (Å²) in [5.74, 6) is 0.00673. The molecule has 6 nitrogen and oxygen atoms in total. The number of aliphatic hydroxyl groups excluding tert-OH is 1. The highest BCUT2D eigenvalue weighted by atomic mass is 35.5. The first-order valence-corrected chi connectivity index (χ1v) is 11.2. The molecule has 2 amide bonds. The number of rotatable bonds is 8. The van der Waals surface area contributed by atoms with Gasteiger partial charge in [0.15, 0.2) is 0 Å². The Bertz CT molecular complexity index is 944. The number of halogens is 2. The van der Waals surface area contributed by atoms with Crippen molar-refractivity contribution in [2.45, 2.75) is 18.9 Å². The van der Waals surface area contributed by atoms with E-state index in [1.807, 2.05) is 30.3 Å². The van der Waals surface area contributed by atoms with Crippen LogP contribution in [0, 0.1) is 5.92 Å². The number of carbonyl (C=O) groups excluding carboxylic acids is 2. The number of nitrogens with zero attached hydrogens (tertiary/aromatic N) is 1. The van der Waals surface area contributed by atoms with Gasteiger partial charge < -0.3 is 20.1 Å². The average molecular weight is 477 g/mol. The van der Waals surface area contributed by atoms with Crippen LogP contribution in [0.5, 0.6) is 5.75 Å². The van der Waals surface area contributed by atoms with Crippen molar-refractivity contribution in [2.75, 3.05) is 26.2 Å². The zero-order valence-electron chi connectivity index (χ0n) is 17.5. The summed E-state index contributed by atoms with van der Waals surface area (Å²) in [4.78, 5) is 26.6. The van der Waals surface area contributed by atoms with Crippen molar-refractivity contribution in [3.63, 3.8) is 0 Å². The minimum atomic E-state index is -0.890. The summed E-state index contributed by atoms with van der Waals surface area (Å²) >= 11 is 12.0. The fourth-order valence-electron chi connectivity index (χ4n) is 3.40. The lowest BCUT2D eigenvalue weighted by Crippen LogP contribution is -2.44. The first kappa shape index (κ1) is 24.1. The number of aliphatic hydroxyl groups is 1. The Balaban J connectivity index is 1.37. The van der Waals surface area contributed by atoms with Crippen molar-refractivity contribution < 1.29 is 19.4 Å². The smallest absolute Gasteiger partial charge is 0.246 e. The zero-order chi connectivity index (χ0) is 22.9. The van der Waals surface area contributed by atoms with Gasteiger partial charge in [-0.05, 0) is 36.6 Å². The van der Waals surface area contributed by atoms with E-state index in [0.29, 0.717) is 36.7 Å². The van der Waals surface area contributed by atoms with Crippen LogP contribution in [0.15, 0.2) is 54.6 Å². The first-order valence-electron chi connectivity index (χ1n) is 10.5. The fourth-order valence-corrected chi connectivity index (χ4v) is 3.75. The van der Waals surface area contributed by atoms with E-state index in [4.69, 9.17) is 27.9 Å². The van der Waals surface area contributed by atoms with Gasteiger partial charge in [0.1, 0.15) is 23.5 Å². The second kappa shape index (κ2) is 11.9. The van der Waals surface area contributed by atoms with Gasteiger partial charge in [-0.15, -0.1) is 0 Å². The Hall–Kier alpha value is -2.54. The minimum Gasteiger partial charge on any atom is -0.489 e. The molecule has 0 aliphatic carbocycles. The van der Waals surface area contributed by atoms with E-state index in [1.165, 1.54) is 0 Å². The first-order chi connectivity index (χ1) is 15.4. The highest BCUT2D eigenvalue weighted by molar-refractivity contribution is 6.42. The Morgan fingerprint density at radius 1 is 1.12 bits per heavy atom. The maximum Gasteiger partial charge on any atom is 0.246 e. The predicted molar refractivity (Wildman–Crippen MR) is 126 cm³/mol. The molecule has 0 radical (unpaired) electrons. The van der Waals surface area contributed by atoms with Crippen LogP contribution in [0.25, 0.3) is 6.08 Å². The van der Waals surface area contributed by atoms with Gasteiger partial charge in [-0.3, -0.25) is 9.59 Å². The van der Waals surface area contributed by atoms with E-state index in [0.717, 1.165) is 5.56 Å². The van der Waals surface area contributed by atoms with Crippen LogP contribution in [0.4, 0.5) is 0 Å². The molecular weight excluding hydrogens is 451 g/mol. The van der Waals surface area contributed by atoms with E-state index in [2.05, 4.69) is 5.32 Å². The van der Waals surface area contributed by atoms with E-state index in [1.54, 1.807) is 35.3 Å². The van der Waals surface area contributed by atoms with Crippen LogP contribution in [0.1, 0.15) is 18.4 Å². The quantitative estimate of drug-likeness (QED) is 0.567. The van der Waals surface area contributed by atoms with E-state index in [-0.39, 0.29) is 35.9 Å². The van der Waals surface area contributed by atoms with Crippen LogP contribution in [0.2, 0.25) is 10.0 Å². The molecule has 1 saturated heterocycles. The van der Waals surface area contributed by atoms with Crippen LogP contribution < -0.4 is 10.1 Å². The van der Waals surface area contributed by atoms with Gasteiger partial charge in [0.25, 0.3) is 0 Å². The topological polar surface area (TPSA) is 78.9 Å². The summed E-state index contributed by atoms with van der Waals surface area (Å²) in [6.45, 7) is 1.08. The number of amides is 2. The van der Waals surface area contributed by atoms with Crippen LogP contribution >= 0.6 is 23.2 Å². The number of carbonyl (C=O) groups is 2. The number of likely N-dealkylation sites (tertiary alicyclic amines) is 1. The lowest BCUT2D eigenvalue weighted by atomic mass is 9.95. The Labute approximate surface area is 197 Å². The molecule has 170 valence electrons. The van der Waals surface area contributed by atoms with Crippen LogP contribution in [-0.2, 0) is 9.59 Å². The van der Waals surface area contributed by atoms with Gasteiger partial charge in [-0.1, -0.05) is 59.6 Å². The van der Waals surface area contributed by atoms with Gasteiger partial charge >= 0.3 is 0 Å². The van der Waals surface area contributed by atoms with Gasteiger partial charge in [0.2, 0.25) is 11.8 Å². The molecule has 1 heterocycles. The Morgan fingerprint density at radius 2 is 1.84 bits per heavy atom. The number of benzene rings is 2. The summed E-state index contributed by atoms with van der Waals surface area (Å²) < 4.78 is 5.48. The molecule has 3 rings (SSSR count). The maximum absolute atomic E-state index is 12.4. The minimum absolute atomic E-state index is 0.0267. The summed E-state index contributed by atoms with van der Waals surface area (Å²) in [5, 5.41) is 13.5. The Kier molecular flexibility index (Phi) is 8.97. The van der Waals surface area contributed by atoms with Gasteiger partial charge in [0, 0.05) is 31.6 Å². The second-order valence-electron chi connectivity index (χ2n) is 7.61. The third kappa shape index (κ3) is 6.99. The second-order valence-corrected chi connectivity index (χ2v) is 8.39. The van der Waals surface area contributed by atoms with Gasteiger partial charge in [-0.25, -0.2) is 0 Å². The van der Waals surface area contributed by atoms with E-state index < -0.39 is 6.10 Å². The molecule has 2 aromatic rings. The van der Waals surface area contributed by atoms with Crippen molar-refractivity contribution in [1.82, 2.24) is 10.2 Å². The molecule has 0 saturated carbocycles. The molecule has 1 fully saturated rings. The van der Waals surface area contributed by atoms with Crippen LogP contribution in [-0.4, -0.2) is 54.2 Å². The summed E-state index contributed by atoms with van der Waals surface area (Å²) in [7, 11) is 0. The number of piperidine rings is 1. The number of ether oxygens (including phenoxy) is 1. The molecular formula is C24H26Cl2N2O4. The summed E-state index contributed by atoms with van der Waals surface area (Å²) in [6, 6.07) is 14.6. The molecule has 32 heavy (non-hydrogen) atoms. The van der Waals surface area contributed by atoms with Gasteiger partial charge in [-0.2, -0.15) is 0 Å². The zero-order valence-corrected chi connectivity index (χ0v) is 19.1. The molecule has 1 aliphatic heterocycles. The van der Waals surface area contributed by atoms with Crippen molar-refractivity contribution in [3.8, 4) is 5.75 Å². The third-order valence-corrected chi connectivity index (χ3v) is 6.06. The monoisotopic (exact) mass is 476 g/mol. The lowest BCUT2D eigenvalue weighted by Gasteiger charge is -2.30. The standard InChI is InChI=1S/C24H26Cl2N2O4/c25-20-7-4-8-21(23(20)26)32-16-19(29)15-27-24(31)18-11-13-28(14-12-18)22(30)10-9-17-5-2-1-3-6-17/h1-10,18-19,29H,11-16H2,(H,27,31)/b10-9+. The lowest BCUT2D eigenvalue weighted by molar-refractivity contribution is -0.132. The van der Waals surface area contributed by atoms with Crippen molar-refractivity contribution >= 4 is 41.1 Å². The molecule has 0 spiro atoms.